The predicted molar refractivity (Wildman–Crippen MR) is 73.2 cm³/mol. The lowest BCUT2D eigenvalue weighted by Gasteiger charge is -2.19. The molecular weight excluding hydrogens is 321 g/mol. The molecule has 2 rings (SSSR count). The Morgan fingerprint density at radius 1 is 1.50 bits per heavy atom. The first kappa shape index (κ1) is 13.5. The number of hydrogen-bond donors (Lipinski definition) is 1. The number of nitrogens with zero attached hydrogens (tertiary/aromatic N) is 2. The van der Waals surface area contributed by atoms with E-state index in [1.165, 1.54) is 12.1 Å². The predicted octanol–water partition coefficient (Wildman–Crippen LogP) is 3.28. The van der Waals surface area contributed by atoms with E-state index in [0.717, 1.165) is 11.3 Å². The van der Waals surface area contributed by atoms with Crippen LogP contribution in [0.3, 0.4) is 0 Å². The Balaban J connectivity index is 2.52. The summed E-state index contributed by atoms with van der Waals surface area (Å²) >= 11 is 9.51. The zero-order chi connectivity index (χ0) is 13.3. The molecule has 1 unspecified atom stereocenters. The maximum absolute atomic E-state index is 13.1. The molecule has 6 heteroatoms. The third kappa shape index (κ3) is 2.43. The number of nitrogens with one attached hydrogen (secondary N) is 1. The van der Waals surface area contributed by atoms with Gasteiger partial charge in [0.15, 0.2) is 0 Å². The molecule has 1 N–H and O–H groups in total. The maximum Gasteiger partial charge on any atom is 0.124 e. The van der Waals surface area contributed by atoms with Gasteiger partial charge in [-0.3, -0.25) is 4.68 Å². The standard InChI is InChI=1S/C12H12BrClFN3/c1-16-11(12-10(14)6-17-18(12)2)8-4-3-7(15)5-9(8)13/h3-6,11,16H,1-2H3. The lowest BCUT2D eigenvalue weighted by Crippen LogP contribution is -2.21. The molecule has 96 valence electrons. The molecule has 1 atom stereocenters. The quantitative estimate of drug-likeness (QED) is 0.935. The van der Waals surface area contributed by atoms with E-state index in [1.807, 2.05) is 14.1 Å². The van der Waals surface area contributed by atoms with E-state index in [2.05, 4.69) is 26.3 Å². The molecule has 0 saturated heterocycles. The average molecular weight is 333 g/mol. The van der Waals surface area contributed by atoms with Gasteiger partial charge in [-0.05, 0) is 24.7 Å². The van der Waals surface area contributed by atoms with Crippen LogP contribution in [0.2, 0.25) is 5.02 Å². The Hall–Kier alpha value is -0.910. The van der Waals surface area contributed by atoms with Crippen molar-refractivity contribution in [2.75, 3.05) is 7.05 Å². The molecule has 0 bridgehead atoms. The largest absolute Gasteiger partial charge is 0.308 e. The van der Waals surface area contributed by atoms with Gasteiger partial charge < -0.3 is 5.32 Å². The van der Waals surface area contributed by atoms with Crippen molar-refractivity contribution in [3.8, 4) is 0 Å². The van der Waals surface area contributed by atoms with Crippen molar-refractivity contribution in [2.45, 2.75) is 6.04 Å². The number of hydrogen-bond acceptors (Lipinski definition) is 2. The smallest absolute Gasteiger partial charge is 0.124 e. The van der Waals surface area contributed by atoms with Crippen molar-refractivity contribution in [1.82, 2.24) is 15.1 Å². The van der Waals surface area contributed by atoms with Crippen LogP contribution >= 0.6 is 27.5 Å². The molecular formula is C12H12BrClFN3. The van der Waals surface area contributed by atoms with Crippen molar-refractivity contribution in [3.63, 3.8) is 0 Å². The summed E-state index contributed by atoms with van der Waals surface area (Å²) in [4.78, 5) is 0. The SMILES string of the molecule is CNC(c1ccc(F)cc1Br)c1c(Cl)cnn1C. The Kier molecular flexibility index (Phi) is 4.04. The Morgan fingerprint density at radius 2 is 2.22 bits per heavy atom. The van der Waals surface area contributed by atoms with Crippen molar-refractivity contribution in [2.24, 2.45) is 7.05 Å². The molecule has 1 aromatic heterocycles. The molecule has 0 fully saturated rings. The first-order valence-corrected chi connectivity index (χ1v) is 6.51. The Labute approximate surface area is 118 Å². The first-order valence-electron chi connectivity index (χ1n) is 5.34. The van der Waals surface area contributed by atoms with Crippen molar-refractivity contribution < 1.29 is 4.39 Å². The molecule has 0 saturated carbocycles. The van der Waals surface area contributed by atoms with Crippen LogP contribution in [0, 0.1) is 5.82 Å². The van der Waals surface area contributed by atoms with Gasteiger partial charge in [0, 0.05) is 11.5 Å². The summed E-state index contributed by atoms with van der Waals surface area (Å²) in [6, 6.07) is 4.43. The van der Waals surface area contributed by atoms with Crippen LogP contribution in [0.25, 0.3) is 0 Å². The molecule has 0 spiro atoms. The fourth-order valence-corrected chi connectivity index (χ4v) is 2.77. The van der Waals surface area contributed by atoms with Gasteiger partial charge in [0.2, 0.25) is 0 Å². The van der Waals surface area contributed by atoms with Gasteiger partial charge in [0.1, 0.15) is 5.82 Å². The highest BCUT2D eigenvalue weighted by Crippen LogP contribution is 2.32. The monoisotopic (exact) mass is 331 g/mol. The number of rotatable bonds is 3. The summed E-state index contributed by atoms with van der Waals surface area (Å²) in [5, 5.41) is 7.85. The molecule has 1 heterocycles. The molecule has 0 aliphatic heterocycles. The number of aryl methyl sites for hydroxylation is 1. The Morgan fingerprint density at radius 3 is 2.72 bits per heavy atom. The normalized spacial score (nSPS) is 12.7. The van der Waals surface area contributed by atoms with Crippen LogP contribution in [0.1, 0.15) is 17.3 Å². The molecule has 0 aliphatic carbocycles. The summed E-state index contributed by atoms with van der Waals surface area (Å²) in [6.07, 6.45) is 1.60. The van der Waals surface area contributed by atoms with Crippen LogP contribution < -0.4 is 5.32 Å². The fourth-order valence-electron chi connectivity index (χ4n) is 1.92. The van der Waals surface area contributed by atoms with Crippen molar-refractivity contribution in [3.05, 3.63) is 51.0 Å². The molecule has 3 nitrogen and oxygen atoms in total. The maximum atomic E-state index is 13.1. The van der Waals surface area contributed by atoms with E-state index in [1.54, 1.807) is 16.9 Å². The molecule has 0 aliphatic rings. The summed E-state index contributed by atoms with van der Waals surface area (Å²) in [5.41, 5.74) is 1.75. The zero-order valence-corrected chi connectivity index (χ0v) is 12.3. The topological polar surface area (TPSA) is 29.9 Å². The first-order chi connectivity index (χ1) is 8.54. The fraction of sp³-hybridized carbons (Fsp3) is 0.250. The van der Waals surface area contributed by atoms with E-state index in [0.29, 0.717) is 9.50 Å². The van der Waals surface area contributed by atoms with E-state index < -0.39 is 0 Å². The molecule has 18 heavy (non-hydrogen) atoms. The molecule has 1 aromatic carbocycles. The summed E-state index contributed by atoms with van der Waals surface area (Å²) in [5.74, 6) is -0.281. The third-order valence-corrected chi connectivity index (χ3v) is 3.75. The van der Waals surface area contributed by atoms with Gasteiger partial charge in [-0.15, -0.1) is 0 Å². The lowest BCUT2D eigenvalue weighted by atomic mass is 10.0. The van der Waals surface area contributed by atoms with Gasteiger partial charge >= 0.3 is 0 Å². The molecule has 0 radical (unpaired) electrons. The van der Waals surface area contributed by atoms with Crippen LogP contribution in [0.15, 0.2) is 28.9 Å². The van der Waals surface area contributed by atoms with Gasteiger partial charge in [-0.25, -0.2) is 4.39 Å². The highest BCUT2D eigenvalue weighted by Gasteiger charge is 2.21. The van der Waals surface area contributed by atoms with E-state index in [4.69, 9.17) is 11.6 Å². The second-order valence-electron chi connectivity index (χ2n) is 3.89. The lowest BCUT2D eigenvalue weighted by molar-refractivity contribution is 0.597. The van der Waals surface area contributed by atoms with Crippen LogP contribution in [0.4, 0.5) is 4.39 Å². The second kappa shape index (κ2) is 5.38. The summed E-state index contributed by atoms with van der Waals surface area (Å²) < 4.78 is 15.5. The van der Waals surface area contributed by atoms with E-state index >= 15 is 0 Å². The average Bonchev–Trinajstić information content (AvgIpc) is 2.64. The van der Waals surface area contributed by atoms with Crippen molar-refractivity contribution >= 4 is 27.5 Å². The minimum Gasteiger partial charge on any atom is -0.308 e. The van der Waals surface area contributed by atoms with Crippen LogP contribution in [0.5, 0.6) is 0 Å². The van der Waals surface area contributed by atoms with Gasteiger partial charge in [-0.1, -0.05) is 33.6 Å². The van der Waals surface area contributed by atoms with Gasteiger partial charge in [0.25, 0.3) is 0 Å². The summed E-state index contributed by atoms with van der Waals surface area (Å²) in [6.45, 7) is 0. The zero-order valence-electron chi connectivity index (χ0n) is 9.92. The van der Waals surface area contributed by atoms with Crippen LogP contribution in [-0.4, -0.2) is 16.8 Å². The third-order valence-electron chi connectivity index (χ3n) is 2.77. The summed E-state index contributed by atoms with van der Waals surface area (Å²) in [7, 11) is 3.65. The highest BCUT2D eigenvalue weighted by molar-refractivity contribution is 9.10. The highest BCUT2D eigenvalue weighted by atomic mass is 79.9. The number of halogens is 3. The second-order valence-corrected chi connectivity index (χ2v) is 5.15. The van der Waals surface area contributed by atoms with E-state index in [-0.39, 0.29) is 11.9 Å². The number of aromatic nitrogens is 2. The minimum atomic E-state index is -0.281. The van der Waals surface area contributed by atoms with Gasteiger partial charge in [0.05, 0.1) is 23.0 Å². The molecule has 0 amide bonds. The van der Waals surface area contributed by atoms with E-state index in [9.17, 15) is 4.39 Å². The molecule has 2 aromatic rings. The van der Waals surface area contributed by atoms with Crippen LogP contribution in [-0.2, 0) is 7.05 Å². The Bertz CT molecular complexity index is 551. The minimum absolute atomic E-state index is 0.153. The van der Waals surface area contributed by atoms with Crippen molar-refractivity contribution in [1.29, 1.82) is 0 Å². The number of benzene rings is 1. The van der Waals surface area contributed by atoms with Gasteiger partial charge in [-0.2, -0.15) is 5.10 Å².